The molecule has 1 aliphatic rings. The summed E-state index contributed by atoms with van der Waals surface area (Å²) in [6.07, 6.45) is 3.31. The monoisotopic (exact) mass is 414 g/mol. The van der Waals surface area contributed by atoms with Crippen molar-refractivity contribution in [2.24, 2.45) is 0 Å². The lowest BCUT2D eigenvalue weighted by Gasteiger charge is -2.24. The second-order valence-electron chi connectivity index (χ2n) is 6.77. The number of amides is 3. The number of ether oxygens (including phenoxy) is 3. The molecule has 2 aromatic rings. The molecule has 0 bridgehead atoms. The fourth-order valence-corrected chi connectivity index (χ4v) is 3.23. The molecule has 1 fully saturated rings. The lowest BCUT2D eigenvalue weighted by Crippen LogP contribution is -2.48. The van der Waals surface area contributed by atoms with Gasteiger partial charge in [-0.3, -0.25) is 9.78 Å². The number of hydrogen-bond donors (Lipinski definition) is 2. The molecule has 3 rings (SSSR count). The zero-order valence-corrected chi connectivity index (χ0v) is 17.0. The fraction of sp³-hybridized carbons (Fsp3) is 0.381. The van der Waals surface area contributed by atoms with Gasteiger partial charge >= 0.3 is 6.03 Å². The molecule has 0 aliphatic carbocycles. The number of pyridine rings is 1. The third-order valence-electron chi connectivity index (χ3n) is 4.71. The molecule has 1 aromatic heterocycles. The smallest absolute Gasteiger partial charge is 0.322 e. The Hall–Kier alpha value is -3.33. The second kappa shape index (κ2) is 10.4. The predicted octanol–water partition coefficient (Wildman–Crippen LogP) is 1.91. The Bertz CT molecular complexity index is 831. The minimum atomic E-state index is -0.651. The molecule has 0 unspecified atom stereocenters. The highest BCUT2D eigenvalue weighted by atomic mass is 16.5. The van der Waals surface area contributed by atoms with Gasteiger partial charge in [0.05, 0.1) is 26.5 Å². The predicted molar refractivity (Wildman–Crippen MR) is 111 cm³/mol. The van der Waals surface area contributed by atoms with Crippen molar-refractivity contribution in [3.8, 4) is 11.5 Å². The van der Waals surface area contributed by atoms with Crippen LogP contribution in [0, 0.1) is 0 Å². The highest BCUT2D eigenvalue weighted by Crippen LogP contribution is 2.24. The van der Waals surface area contributed by atoms with Crippen molar-refractivity contribution in [3.63, 3.8) is 0 Å². The molecule has 1 aliphatic heterocycles. The summed E-state index contributed by atoms with van der Waals surface area (Å²) in [5.74, 6) is 1.04. The van der Waals surface area contributed by atoms with E-state index in [0.29, 0.717) is 36.8 Å². The second-order valence-corrected chi connectivity index (χ2v) is 6.77. The van der Waals surface area contributed by atoms with E-state index in [2.05, 4.69) is 15.6 Å². The molecule has 0 saturated carbocycles. The largest absolute Gasteiger partial charge is 0.497 e. The molecular weight excluding hydrogens is 388 g/mol. The Kier molecular flexibility index (Phi) is 7.45. The first kappa shape index (κ1) is 21.4. The molecule has 9 heteroatoms. The normalized spacial score (nSPS) is 18.0. The van der Waals surface area contributed by atoms with Crippen LogP contribution in [0.5, 0.6) is 11.5 Å². The van der Waals surface area contributed by atoms with E-state index in [1.54, 1.807) is 63.0 Å². The molecular formula is C21H26N4O5. The summed E-state index contributed by atoms with van der Waals surface area (Å²) in [7, 11) is 3.14. The van der Waals surface area contributed by atoms with Crippen molar-refractivity contribution < 1.29 is 23.8 Å². The maximum Gasteiger partial charge on any atom is 0.322 e. The van der Waals surface area contributed by atoms with Crippen LogP contribution in [-0.4, -0.2) is 67.9 Å². The van der Waals surface area contributed by atoms with Crippen molar-refractivity contribution in [3.05, 3.63) is 48.8 Å². The standard InChI is InChI=1S/C21H26N4O5/c1-28-11-10-23-20(26)19-12-18(30-17-4-3-9-22-13-17)14-25(19)21(27)24-15-5-7-16(29-2)8-6-15/h3-9,13,18-19H,10-12,14H2,1-2H3,(H,23,26)(H,24,27)/t18-,19+/m0/s1. The van der Waals surface area contributed by atoms with E-state index in [4.69, 9.17) is 14.2 Å². The SMILES string of the molecule is COCCNC(=O)[C@H]1C[C@H](Oc2cccnc2)CN1C(=O)Nc1ccc(OC)cc1. The van der Waals surface area contributed by atoms with Gasteiger partial charge in [0.15, 0.2) is 0 Å². The van der Waals surface area contributed by atoms with Crippen LogP contribution in [0.25, 0.3) is 0 Å². The highest BCUT2D eigenvalue weighted by molar-refractivity contribution is 5.94. The first-order valence-electron chi connectivity index (χ1n) is 9.65. The van der Waals surface area contributed by atoms with Crippen LogP contribution in [0.4, 0.5) is 10.5 Å². The van der Waals surface area contributed by atoms with Crippen molar-refractivity contribution in [2.75, 3.05) is 39.2 Å². The van der Waals surface area contributed by atoms with Crippen LogP contribution >= 0.6 is 0 Å². The van der Waals surface area contributed by atoms with Gasteiger partial charge in [0.2, 0.25) is 5.91 Å². The van der Waals surface area contributed by atoms with E-state index in [9.17, 15) is 9.59 Å². The maximum atomic E-state index is 12.9. The number of anilines is 1. The van der Waals surface area contributed by atoms with E-state index in [1.807, 2.05) is 0 Å². The van der Waals surface area contributed by atoms with Crippen molar-refractivity contribution in [1.29, 1.82) is 0 Å². The molecule has 2 atom stereocenters. The topological polar surface area (TPSA) is 102 Å². The summed E-state index contributed by atoms with van der Waals surface area (Å²) in [6.45, 7) is 1.04. The summed E-state index contributed by atoms with van der Waals surface area (Å²) in [5.41, 5.74) is 0.607. The molecule has 1 saturated heterocycles. The third-order valence-corrected chi connectivity index (χ3v) is 4.71. The number of carbonyl (C=O) groups is 2. The number of rotatable bonds is 8. The van der Waals surface area contributed by atoms with Gasteiger partial charge in [-0.25, -0.2) is 4.79 Å². The lowest BCUT2D eigenvalue weighted by atomic mass is 10.2. The fourth-order valence-electron chi connectivity index (χ4n) is 3.23. The molecule has 160 valence electrons. The first-order valence-corrected chi connectivity index (χ1v) is 9.65. The summed E-state index contributed by atoms with van der Waals surface area (Å²) in [6, 6.07) is 9.53. The minimum Gasteiger partial charge on any atom is -0.497 e. The van der Waals surface area contributed by atoms with E-state index in [-0.39, 0.29) is 24.6 Å². The number of aromatic nitrogens is 1. The van der Waals surface area contributed by atoms with Crippen molar-refractivity contribution in [1.82, 2.24) is 15.2 Å². The summed E-state index contributed by atoms with van der Waals surface area (Å²) < 4.78 is 16.0. The number of nitrogens with zero attached hydrogens (tertiary/aromatic N) is 2. The Morgan fingerprint density at radius 3 is 2.63 bits per heavy atom. The van der Waals surface area contributed by atoms with Crippen molar-refractivity contribution >= 4 is 17.6 Å². The van der Waals surface area contributed by atoms with Gasteiger partial charge in [-0.1, -0.05) is 0 Å². The highest BCUT2D eigenvalue weighted by Gasteiger charge is 2.40. The third kappa shape index (κ3) is 5.60. The van der Waals surface area contributed by atoms with Crippen LogP contribution in [-0.2, 0) is 9.53 Å². The number of carbonyl (C=O) groups excluding carboxylic acids is 2. The van der Waals surface area contributed by atoms with Gasteiger partial charge in [0.25, 0.3) is 0 Å². The molecule has 9 nitrogen and oxygen atoms in total. The van der Waals surface area contributed by atoms with E-state index in [1.165, 1.54) is 4.90 Å². The van der Waals surface area contributed by atoms with E-state index >= 15 is 0 Å². The molecule has 0 spiro atoms. The number of nitrogens with one attached hydrogen (secondary N) is 2. The van der Waals surface area contributed by atoms with Crippen LogP contribution in [0.3, 0.4) is 0 Å². The molecule has 1 aromatic carbocycles. The molecule has 2 heterocycles. The molecule has 0 radical (unpaired) electrons. The van der Waals surface area contributed by atoms with Crippen LogP contribution in [0.15, 0.2) is 48.8 Å². The van der Waals surface area contributed by atoms with Gasteiger partial charge in [0, 0.05) is 32.0 Å². The summed E-state index contributed by atoms with van der Waals surface area (Å²) in [4.78, 5) is 31.1. The molecule has 3 amide bonds. The van der Waals surface area contributed by atoms with Crippen LogP contribution in [0.2, 0.25) is 0 Å². The van der Waals surface area contributed by atoms with Gasteiger partial charge in [-0.2, -0.15) is 0 Å². The number of urea groups is 1. The van der Waals surface area contributed by atoms with Gasteiger partial charge in [-0.15, -0.1) is 0 Å². The van der Waals surface area contributed by atoms with E-state index < -0.39 is 6.04 Å². The zero-order valence-electron chi connectivity index (χ0n) is 17.0. The number of methoxy groups -OCH3 is 2. The Morgan fingerprint density at radius 1 is 1.17 bits per heavy atom. The Morgan fingerprint density at radius 2 is 1.97 bits per heavy atom. The Balaban J connectivity index is 1.69. The summed E-state index contributed by atoms with van der Waals surface area (Å²) in [5, 5.41) is 5.63. The number of hydrogen-bond acceptors (Lipinski definition) is 6. The van der Waals surface area contributed by atoms with Gasteiger partial charge < -0.3 is 29.7 Å². The maximum absolute atomic E-state index is 12.9. The van der Waals surface area contributed by atoms with Crippen LogP contribution < -0.4 is 20.1 Å². The molecule has 30 heavy (non-hydrogen) atoms. The lowest BCUT2D eigenvalue weighted by molar-refractivity contribution is -0.124. The number of benzene rings is 1. The quantitative estimate of drug-likeness (QED) is 0.640. The summed E-state index contributed by atoms with van der Waals surface area (Å²) >= 11 is 0. The van der Waals surface area contributed by atoms with Gasteiger partial charge in [0.1, 0.15) is 23.6 Å². The molecule has 2 N–H and O–H groups in total. The van der Waals surface area contributed by atoms with E-state index in [0.717, 1.165) is 0 Å². The average Bonchev–Trinajstić information content (AvgIpc) is 3.19. The zero-order chi connectivity index (χ0) is 21.3. The minimum absolute atomic E-state index is 0.241. The average molecular weight is 414 g/mol. The van der Waals surface area contributed by atoms with Gasteiger partial charge in [-0.05, 0) is 36.4 Å². The van der Waals surface area contributed by atoms with Crippen molar-refractivity contribution in [2.45, 2.75) is 18.6 Å². The van der Waals surface area contributed by atoms with Crippen LogP contribution in [0.1, 0.15) is 6.42 Å². The first-order chi connectivity index (χ1) is 14.6. The number of likely N-dealkylation sites (tertiary alicyclic amines) is 1. The Labute approximate surface area is 175 Å².